The fourth-order valence-electron chi connectivity index (χ4n) is 2.31. The molecule has 0 amide bonds. The standard InChI is InChI=1S/C12H15Cl.C2H6/c1-12(7-2-3-8-12)10-5-4-6-11(13)9-10;1-2/h4-6,9H,2-3,7-8H2,1H3;1-2H3. The van der Waals surface area contributed by atoms with Crippen LogP contribution >= 0.6 is 11.6 Å². The fourth-order valence-corrected chi connectivity index (χ4v) is 2.50. The lowest BCUT2D eigenvalue weighted by Crippen LogP contribution is -2.16. The first kappa shape index (κ1) is 12.6. The summed E-state index contributed by atoms with van der Waals surface area (Å²) in [4.78, 5) is 0. The van der Waals surface area contributed by atoms with Crippen LogP contribution in [-0.2, 0) is 5.41 Å². The first-order valence-corrected chi connectivity index (χ1v) is 6.35. The van der Waals surface area contributed by atoms with Crippen LogP contribution in [0.15, 0.2) is 24.3 Å². The Balaban J connectivity index is 0.000000531. The molecule has 0 heterocycles. The Morgan fingerprint density at radius 3 is 2.27 bits per heavy atom. The molecule has 0 aromatic heterocycles. The van der Waals surface area contributed by atoms with Gasteiger partial charge in [-0.1, -0.05) is 57.3 Å². The van der Waals surface area contributed by atoms with Gasteiger partial charge in [-0.3, -0.25) is 0 Å². The molecule has 0 saturated heterocycles. The molecule has 1 aromatic rings. The molecule has 0 nitrogen and oxygen atoms in total. The highest BCUT2D eigenvalue weighted by molar-refractivity contribution is 6.30. The van der Waals surface area contributed by atoms with Gasteiger partial charge in [0.15, 0.2) is 0 Å². The van der Waals surface area contributed by atoms with Crippen LogP contribution in [0.25, 0.3) is 0 Å². The molecule has 0 atom stereocenters. The molecule has 15 heavy (non-hydrogen) atoms. The maximum absolute atomic E-state index is 5.99. The van der Waals surface area contributed by atoms with E-state index < -0.39 is 0 Å². The van der Waals surface area contributed by atoms with E-state index in [1.54, 1.807) is 0 Å². The zero-order valence-electron chi connectivity index (χ0n) is 10.0. The summed E-state index contributed by atoms with van der Waals surface area (Å²) in [5.41, 5.74) is 1.81. The highest BCUT2D eigenvalue weighted by Crippen LogP contribution is 2.40. The van der Waals surface area contributed by atoms with E-state index in [9.17, 15) is 0 Å². The lowest BCUT2D eigenvalue weighted by atomic mass is 9.81. The molecular formula is C14H21Cl. The van der Waals surface area contributed by atoms with Crippen LogP contribution < -0.4 is 0 Å². The maximum Gasteiger partial charge on any atom is 0.0408 e. The van der Waals surface area contributed by atoms with Gasteiger partial charge in [-0.05, 0) is 36.0 Å². The van der Waals surface area contributed by atoms with E-state index >= 15 is 0 Å². The molecule has 1 fully saturated rings. The van der Waals surface area contributed by atoms with Crippen LogP contribution in [0.4, 0.5) is 0 Å². The van der Waals surface area contributed by atoms with E-state index in [1.807, 2.05) is 19.9 Å². The van der Waals surface area contributed by atoms with Gasteiger partial charge in [0.2, 0.25) is 0 Å². The number of benzene rings is 1. The Kier molecular flexibility index (Phi) is 4.66. The van der Waals surface area contributed by atoms with Crippen molar-refractivity contribution >= 4 is 11.6 Å². The van der Waals surface area contributed by atoms with Crippen LogP contribution in [0.5, 0.6) is 0 Å². The molecule has 0 unspecified atom stereocenters. The van der Waals surface area contributed by atoms with Crippen molar-refractivity contribution in [3.05, 3.63) is 34.9 Å². The summed E-state index contributed by atoms with van der Waals surface area (Å²) in [5.74, 6) is 0. The van der Waals surface area contributed by atoms with Crippen molar-refractivity contribution < 1.29 is 0 Å². The third-order valence-electron chi connectivity index (χ3n) is 3.23. The van der Waals surface area contributed by atoms with Gasteiger partial charge in [-0.15, -0.1) is 0 Å². The van der Waals surface area contributed by atoms with E-state index in [4.69, 9.17) is 11.6 Å². The monoisotopic (exact) mass is 224 g/mol. The summed E-state index contributed by atoms with van der Waals surface area (Å²) in [6.07, 6.45) is 5.35. The molecule has 1 aromatic carbocycles. The number of hydrogen-bond donors (Lipinski definition) is 0. The molecule has 2 rings (SSSR count). The van der Waals surface area contributed by atoms with Crippen molar-refractivity contribution in [3.63, 3.8) is 0 Å². The first-order valence-electron chi connectivity index (χ1n) is 5.97. The zero-order valence-corrected chi connectivity index (χ0v) is 10.8. The van der Waals surface area contributed by atoms with E-state index in [0.717, 1.165) is 5.02 Å². The van der Waals surface area contributed by atoms with Crippen molar-refractivity contribution in [2.75, 3.05) is 0 Å². The van der Waals surface area contributed by atoms with Gasteiger partial charge in [0, 0.05) is 5.02 Å². The Bertz CT molecular complexity index is 298. The lowest BCUT2D eigenvalue weighted by molar-refractivity contribution is 0.491. The normalized spacial score (nSPS) is 18.1. The average Bonchev–Trinajstić information content (AvgIpc) is 2.70. The molecule has 1 heteroatoms. The maximum atomic E-state index is 5.99. The van der Waals surface area contributed by atoms with Crippen LogP contribution in [-0.4, -0.2) is 0 Å². The van der Waals surface area contributed by atoms with Gasteiger partial charge in [-0.25, -0.2) is 0 Å². The summed E-state index contributed by atoms with van der Waals surface area (Å²) in [7, 11) is 0. The van der Waals surface area contributed by atoms with E-state index in [0.29, 0.717) is 5.41 Å². The SMILES string of the molecule is CC.CC1(c2cccc(Cl)c2)CCCC1. The minimum Gasteiger partial charge on any atom is -0.0843 e. The topological polar surface area (TPSA) is 0 Å². The Morgan fingerprint density at radius 1 is 1.13 bits per heavy atom. The number of hydrogen-bond acceptors (Lipinski definition) is 0. The number of rotatable bonds is 1. The summed E-state index contributed by atoms with van der Waals surface area (Å²) in [5, 5.41) is 0.866. The molecule has 0 aliphatic heterocycles. The minimum atomic E-state index is 0.394. The van der Waals surface area contributed by atoms with Crippen LogP contribution in [0.1, 0.15) is 52.0 Å². The summed E-state index contributed by atoms with van der Waals surface area (Å²) in [6, 6.07) is 8.33. The van der Waals surface area contributed by atoms with E-state index in [2.05, 4.69) is 25.1 Å². The van der Waals surface area contributed by atoms with Crippen LogP contribution in [0.3, 0.4) is 0 Å². The molecule has 0 bridgehead atoms. The Morgan fingerprint density at radius 2 is 1.73 bits per heavy atom. The van der Waals surface area contributed by atoms with Crippen molar-refractivity contribution in [1.82, 2.24) is 0 Å². The molecule has 0 N–H and O–H groups in total. The summed E-state index contributed by atoms with van der Waals surface area (Å²) in [6.45, 7) is 6.35. The van der Waals surface area contributed by atoms with Gasteiger partial charge in [0.1, 0.15) is 0 Å². The Hall–Kier alpha value is -0.490. The van der Waals surface area contributed by atoms with Crippen molar-refractivity contribution in [3.8, 4) is 0 Å². The highest BCUT2D eigenvalue weighted by atomic mass is 35.5. The number of halogens is 1. The third-order valence-corrected chi connectivity index (χ3v) is 3.46. The van der Waals surface area contributed by atoms with Crippen molar-refractivity contribution in [1.29, 1.82) is 0 Å². The lowest BCUT2D eigenvalue weighted by Gasteiger charge is -2.24. The second-order valence-corrected chi connectivity index (χ2v) is 4.71. The molecule has 1 aliphatic carbocycles. The predicted octanol–water partition coefficient (Wildman–Crippen LogP) is 5.20. The largest absolute Gasteiger partial charge is 0.0843 e. The summed E-state index contributed by atoms with van der Waals surface area (Å²) >= 11 is 5.99. The molecule has 84 valence electrons. The zero-order chi connectivity index (χ0) is 11.3. The van der Waals surface area contributed by atoms with E-state index in [1.165, 1.54) is 31.2 Å². The second-order valence-electron chi connectivity index (χ2n) is 4.28. The van der Waals surface area contributed by atoms with E-state index in [-0.39, 0.29) is 0 Å². The average molecular weight is 225 g/mol. The smallest absolute Gasteiger partial charge is 0.0408 e. The minimum absolute atomic E-state index is 0.394. The van der Waals surface area contributed by atoms with Crippen molar-refractivity contribution in [2.24, 2.45) is 0 Å². The van der Waals surface area contributed by atoms with Gasteiger partial charge >= 0.3 is 0 Å². The molecule has 0 spiro atoms. The van der Waals surface area contributed by atoms with Gasteiger partial charge in [0.25, 0.3) is 0 Å². The van der Waals surface area contributed by atoms with Crippen LogP contribution in [0, 0.1) is 0 Å². The second kappa shape index (κ2) is 5.55. The van der Waals surface area contributed by atoms with Gasteiger partial charge in [-0.2, -0.15) is 0 Å². The highest BCUT2D eigenvalue weighted by Gasteiger charge is 2.30. The van der Waals surface area contributed by atoms with Crippen molar-refractivity contribution in [2.45, 2.75) is 51.9 Å². The molecule has 1 saturated carbocycles. The first-order chi connectivity index (χ1) is 7.21. The molecule has 0 radical (unpaired) electrons. The molecule has 1 aliphatic rings. The van der Waals surface area contributed by atoms with Gasteiger partial charge in [0.05, 0.1) is 0 Å². The quantitative estimate of drug-likeness (QED) is 0.615. The molecular weight excluding hydrogens is 204 g/mol. The van der Waals surface area contributed by atoms with Crippen LogP contribution in [0.2, 0.25) is 5.02 Å². The Labute approximate surface area is 98.7 Å². The fraction of sp³-hybridized carbons (Fsp3) is 0.571. The van der Waals surface area contributed by atoms with Gasteiger partial charge < -0.3 is 0 Å². The summed E-state index contributed by atoms with van der Waals surface area (Å²) < 4.78 is 0. The predicted molar refractivity (Wildman–Crippen MR) is 68.6 cm³/mol. The third kappa shape index (κ3) is 2.98.